The number of nitrogens with zero attached hydrogens (tertiary/aromatic N) is 2. The third-order valence-corrected chi connectivity index (χ3v) is 5.14. The molecule has 0 amide bonds. The lowest BCUT2D eigenvalue weighted by atomic mass is 9.77. The van der Waals surface area contributed by atoms with Crippen molar-refractivity contribution in [3.05, 3.63) is 0 Å². The van der Waals surface area contributed by atoms with E-state index in [1.807, 2.05) is 0 Å². The van der Waals surface area contributed by atoms with Gasteiger partial charge in [-0.3, -0.25) is 10.2 Å². The van der Waals surface area contributed by atoms with Gasteiger partial charge in [0.05, 0.1) is 6.07 Å². The van der Waals surface area contributed by atoms with E-state index < -0.39 is 0 Å². The van der Waals surface area contributed by atoms with Crippen LogP contribution in [-0.4, -0.2) is 35.1 Å². The minimum Gasteiger partial charge on any atom is -0.297 e. The van der Waals surface area contributed by atoms with Gasteiger partial charge in [0.25, 0.3) is 0 Å². The van der Waals surface area contributed by atoms with Gasteiger partial charge in [0.2, 0.25) is 0 Å². The Labute approximate surface area is 124 Å². The van der Waals surface area contributed by atoms with Gasteiger partial charge < -0.3 is 0 Å². The molecule has 0 aromatic rings. The van der Waals surface area contributed by atoms with Crippen LogP contribution in [0.1, 0.15) is 66.2 Å². The number of piperidine rings is 1. The number of hydrogen-bond donors (Lipinski definition) is 1. The molecule has 0 spiro atoms. The molecule has 0 bridgehead atoms. The van der Waals surface area contributed by atoms with Crippen molar-refractivity contribution in [2.75, 3.05) is 6.54 Å². The van der Waals surface area contributed by atoms with Gasteiger partial charge in [0, 0.05) is 24.7 Å². The Bertz CT molecular complexity index is 360. The first-order valence-corrected chi connectivity index (χ1v) is 8.40. The Morgan fingerprint density at radius 1 is 1.25 bits per heavy atom. The summed E-state index contributed by atoms with van der Waals surface area (Å²) in [6, 6.07) is 4.26. The molecule has 4 atom stereocenters. The molecule has 0 aromatic carbocycles. The number of hydrogen-bond acceptors (Lipinski definition) is 3. The first-order valence-electron chi connectivity index (χ1n) is 8.40. The van der Waals surface area contributed by atoms with Crippen LogP contribution in [0.3, 0.4) is 0 Å². The van der Waals surface area contributed by atoms with Gasteiger partial charge in [-0.2, -0.15) is 5.26 Å². The summed E-state index contributed by atoms with van der Waals surface area (Å²) >= 11 is 0. The molecule has 0 aromatic heterocycles. The van der Waals surface area contributed by atoms with E-state index in [0.717, 1.165) is 18.8 Å². The molecule has 3 heteroatoms. The highest BCUT2D eigenvalue weighted by atomic mass is 15.2. The lowest BCUT2D eigenvalue weighted by Gasteiger charge is -2.47. The molecule has 2 fully saturated rings. The van der Waals surface area contributed by atoms with E-state index in [4.69, 9.17) is 0 Å². The Balaban J connectivity index is 2.07. The molecule has 1 N–H and O–H groups in total. The first-order chi connectivity index (χ1) is 9.46. The minimum absolute atomic E-state index is 0.294. The van der Waals surface area contributed by atoms with Crippen molar-refractivity contribution in [3.8, 4) is 6.07 Å². The summed E-state index contributed by atoms with van der Waals surface area (Å²) in [4.78, 5) is 2.70. The standard InChI is InChI=1S/C17H31N3/c1-13(2)19-17(12-18)9-5-6-16(10-17)20-11-14(3)7-8-15(20)4/h13-16,19H,5-11H2,1-4H3. The Morgan fingerprint density at radius 2 is 2.00 bits per heavy atom. The van der Waals surface area contributed by atoms with Crippen molar-refractivity contribution in [1.29, 1.82) is 5.26 Å². The smallest absolute Gasteiger partial charge is 0.108 e. The van der Waals surface area contributed by atoms with Gasteiger partial charge in [-0.05, 0) is 65.2 Å². The summed E-state index contributed by atoms with van der Waals surface area (Å²) < 4.78 is 0. The van der Waals surface area contributed by atoms with Crippen LogP contribution in [0.4, 0.5) is 0 Å². The molecule has 2 rings (SSSR count). The minimum atomic E-state index is -0.294. The highest BCUT2D eigenvalue weighted by Gasteiger charge is 2.40. The lowest BCUT2D eigenvalue weighted by molar-refractivity contribution is 0.0404. The van der Waals surface area contributed by atoms with Crippen molar-refractivity contribution in [2.45, 2.75) is 89.9 Å². The Hall–Kier alpha value is -0.590. The highest BCUT2D eigenvalue weighted by molar-refractivity contribution is 5.12. The van der Waals surface area contributed by atoms with Crippen LogP contribution < -0.4 is 5.32 Å². The quantitative estimate of drug-likeness (QED) is 0.860. The molecule has 1 aliphatic heterocycles. The summed E-state index contributed by atoms with van der Waals surface area (Å²) in [6.45, 7) is 10.2. The second kappa shape index (κ2) is 6.45. The van der Waals surface area contributed by atoms with E-state index in [1.54, 1.807) is 0 Å². The van der Waals surface area contributed by atoms with Crippen molar-refractivity contribution >= 4 is 0 Å². The molecule has 1 heterocycles. The topological polar surface area (TPSA) is 39.1 Å². The van der Waals surface area contributed by atoms with Gasteiger partial charge in [0.15, 0.2) is 0 Å². The fourth-order valence-corrected chi connectivity index (χ4v) is 4.18. The van der Waals surface area contributed by atoms with Crippen LogP contribution in [0.5, 0.6) is 0 Å². The maximum absolute atomic E-state index is 9.69. The number of likely N-dealkylation sites (tertiary alicyclic amines) is 1. The summed E-state index contributed by atoms with van der Waals surface area (Å²) in [5, 5.41) is 13.2. The van der Waals surface area contributed by atoms with Gasteiger partial charge in [-0.25, -0.2) is 0 Å². The average molecular weight is 277 g/mol. The van der Waals surface area contributed by atoms with E-state index in [2.05, 4.69) is 44.0 Å². The summed E-state index contributed by atoms with van der Waals surface area (Å²) in [7, 11) is 0. The molecule has 0 radical (unpaired) electrons. The van der Waals surface area contributed by atoms with Crippen molar-refractivity contribution in [2.24, 2.45) is 5.92 Å². The fraction of sp³-hybridized carbons (Fsp3) is 0.941. The maximum atomic E-state index is 9.69. The first kappa shape index (κ1) is 15.8. The van der Waals surface area contributed by atoms with Gasteiger partial charge in [0.1, 0.15) is 5.54 Å². The number of nitrogens with one attached hydrogen (secondary N) is 1. The molecular weight excluding hydrogens is 246 g/mol. The zero-order chi connectivity index (χ0) is 14.8. The Morgan fingerprint density at radius 3 is 2.65 bits per heavy atom. The monoisotopic (exact) mass is 277 g/mol. The normalized spacial score (nSPS) is 39.7. The van der Waals surface area contributed by atoms with Crippen LogP contribution >= 0.6 is 0 Å². The van der Waals surface area contributed by atoms with Crippen LogP contribution in [-0.2, 0) is 0 Å². The lowest BCUT2D eigenvalue weighted by Crippen LogP contribution is -2.57. The van der Waals surface area contributed by atoms with E-state index in [0.29, 0.717) is 18.1 Å². The van der Waals surface area contributed by atoms with Crippen molar-refractivity contribution < 1.29 is 0 Å². The third-order valence-electron chi connectivity index (χ3n) is 5.14. The summed E-state index contributed by atoms with van der Waals surface area (Å²) in [5.74, 6) is 0.808. The maximum Gasteiger partial charge on any atom is 0.108 e. The fourth-order valence-electron chi connectivity index (χ4n) is 4.18. The predicted octanol–water partition coefficient (Wildman–Crippen LogP) is 3.31. The van der Waals surface area contributed by atoms with Gasteiger partial charge in [-0.15, -0.1) is 0 Å². The molecule has 2 aliphatic rings. The van der Waals surface area contributed by atoms with E-state index in [1.165, 1.54) is 32.2 Å². The second-order valence-electron chi connectivity index (χ2n) is 7.47. The van der Waals surface area contributed by atoms with Crippen molar-refractivity contribution in [3.63, 3.8) is 0 Å². The van der Waals surface area contributed by atoms with E-state index >= 15 is 0 Å². The number of rotatable bonds is 3. The number of nitriles is 1. The van der Waals surface area contributed by atoms with Crippen LogP contribution in [0.25, 0.3) is 0 Å². The van der Waals surface area contributed by atoms with E-state index in [9.17, 15) is 5.26 Å². The van der Waals surface area contributed by atoms with Crippen LogP contribution in [0, 0.1) is 17.2 Å². The molecule has 4 unspecified atom stereocenters. The molecule has 114 valence electrons. The molecule has 1 saturated heterocycles. The van der Waals surface area contributed by atoms with Crippen molar-refractivity contribution in [1.82, 2.24) is 10.2 Å². The zero-order valence-electron chi connectivity index (χ0n) is 13.7. The molecule has 3 nitrogen and oxygen atoms in total. The van der Waals surface area contributed by atoms with E-state index in [-0.39, 0.29) is 5.54 Å². The molecule has 20 heavy (non-hydrogen) atoms. The van der Waals surface area contributed by atoms with Gasteiger partial charge in [-0.1, -0.05) is 6.92 Å². The average Bonchev–Trinajstić information content (AvgIpc) is 2.41. The summed E-state index contributed by atoms with van der Waals surface area (Å²) in [5.41, 5.74) is -0.294. The molecular formula is C17H31N3. The second-order valence-corrected chi connectivity index (χ2v) is 7.47. The molecule has 1 aliphatic carbocycles. The summed E-state index contributed by atoms with van der Waals surface area (Å²) in [6.07, 6.45) is 7.12. The van der Waals surface area contributed by atoms with Crippen LogP contribution in [0.15, 0.2) is 0 Å². The Kier molecular flexibility index (Phi) is 5.09. The molecule has 1 saturated carbocycles. The third kappa shape index (κ3) is 3.54. The predicted molar refractivity (Wildman–Crippen MR) is 83.4 cm³/mol. The SMILES string of the molecule is CC1CCC(C)N(C2CCCC(C#N)(NC(C)C)C2)C1. The largest absolute Gasteiger partial charge is 0.297 e. The highest BCUT2D eigenvalue weighted by Crippen LogP contribution is 2.35. The zero-order valence-corrected chi connectivity index (χ0v) is 13.7. The van der Waals surface area contributed by atoms with Crippen LogP contribution in [0.2, 0.25) is 0 Å². The van der Waals surface area contributed by atoms with Gasteiger partial charge >= 0.3 is 0 Å².